The first-order chi connectivity index (χ1) is 7.09. The van der Waals surface area contributed by atoms with E-state index in [9.17, 15) is 13.6 Å². The third kappa shape index (κ3) is 3.76. The molecular weight excluding hydrogens is 204 g/mol. The monoisotopic (exact) mass is 213 g/mol. The lowest BCUT2D eigenvalue weighted by atomic mass is 10.3. The normalized spacial score (nSPS) is 10.5. The smallest absolute Gasteiger partial charge is 0.328 e. The molecule has 0 fully saturated rings. The van der Waals surface area contributed by atoms with Crippen LogP contribution >= 0.6 is 0 Å². The summed E-state index contributed by atoms with van der Waals surface area (Å²) in [5.74, 6) is -2.91. The number of nitrogens with one attached hydrogen (secondary N) is 1. The number of halogens is 2. The van der Waals surface area contributed by atoms with Crippen molar-refractivity contribution in [1.29, 1.82) is 0 Å². The van der Waals surface area contributed by atoms with E-state index in [1.165, 1.54) is 12.1 Å². The average Bonchev–Trinajstić information content (AvgIpc) is 2.18. The molecule has 0 aliphatic heterocycles. The Kier molecular flexibility index (Phi) is 3.79. The SMILES string of the molecule is O=C(O)/C=C/CNc1ccc(F)c(F)c1. The average molecular weight is 213 g/mol. The van der Waals surface area contributed by atoms with E-state index in [0.717, 1.165) is 18.2 Å². The van der Waals surface area contributed by atoms with E-state index in [2.05, 4.69) is 5.32 Å². The van der Waals surface area contributed by atoms with E-state index in [0.29, 0.717) is 5.69 Å². The molecule has 0 spiro atoms. The molecule has 80 valence electrons. The molecule has 0 saturated heterocycles. The van der Waals surface area contributed by atoms with Gasteiger partial charge in [0.25, 0.3) is 0 Å². The maximum absolute atomic E-state index is 12.7. The van der Waals surface area contributed by atoms with Gasteiger partial charge in [-0.25, -0.2) is 13.6 Å². The Morgan fingerprint density at radius 3 is 2.73 bits per heavy atom. The summed E-state index contributed by atoms with van der Waals surface area (Å²) in [6.07, 6.45) is 2.33. The molecule has 2 N–H and O–H groups in total. The van der Waals surface area contributed by atoms with Crippen molar-refractivity contribution < 1.29 is 18.7 Å². The van der Waals surface area contributed by atoms with Crippen LogP contribution in [-0.2, 0) is 4.79 Å². The lowest BCUT2D eigenvalue weighted by Crippen LogP contribution is -2.00. The summed E-state index contributed by atoms with van der Waals surface area (Å²) in [7, 11) is 0. The van der Waals surface area contributed by atoms with Crippen LogP contribution in [0.2, 0.25) is 0 Å². The minimum absolute atomic E-state index is 0.234. The van der Waals surface area contributed by atoms with Crippen LogP contribution in [-0.4, -0.2) is 17.6 Å². The number of carbonyl (C=O) groups is 1. The third-order valence-corrected chi connectivity index (χ3v) is 1.60. The Morgan fingerprint density at radius 2 is 2.13 bits per heavy atom. The van der Waals surface area contributed by atoms with Gasteiger partial charge in [-0.3, -0.25) is 0 Å². The van der Waals surface area contributed by atoms with E-state index in [1.807, 2.05) is 0 Å². The first kappa shape index (κ1) is 11.2. The van der Waals surface area contributed by atoms with Gasteiger partial charge in [-0.2, -0.15) is 0 Å². The molecule has 3 nitrogen and oxygen atoms in total. The summed E-state index contributed by atoms with van der Waals surface area (Å²) in [5.41, 5.74) is 0.393. The molecular formula is C10H9F2NO2. The van der Waals surface area contributed by atoms with E-state index >= 15 is 0 Å². The lowest BCUT2D eigenvalue weighted by Gasteiger charge is -2.02. The summed E-state index contributed by atoms with van der Waals surface area (Å²) >= 11 is 0. The van der Waals surface area contributed by atoms with Gasteiger partial charge in [-0.05, 0) is 12.1 Å². The maximum atomic E-state index is 12.7. The topological polar surface area (TPSA) is 49.3 Å². The zero-order chi connectivity index (χ0) is 11.3. The Morgan fingerprint density at radius 1 is 1.40 bits per heavy atom. The predicted octanol–water partition coefficient (Wildman–Crippen LogP) is 2.02. The number of rotatable bonds is 4. The van der Waals surface area contributed by atoms with Gasteiger partial charge in [0.2, 0.25) is 0 Å². The molecule has 0 heterocycles. The second-order valence-electron chi connectivity index (χ2n) is 2.75. The van der Waals surface area contributed by atoms with E-state index in [1.54, 1.807) is 0 Å². The van der Waals surface area contributed by atoms with Crippen molar-refractivity contribution in [2.45, 2.75) is 0 Å². The third-order valence-electron chi connectivity index (χ3n) is 1.60. The van der Waals surface area contributed by atoms with Crippen molar-refractivity contribution in [2.24, 2.45) is 0 Å². The molecule has 1 aromatic carbocycles. The number of hydrogen-bond acceptors (Lipinski definition) is 2. The van der Waals surface area contributed by atoms with Crippen LogP contribution in [0.3, 0.4) is 0 Å². The zero-order valence-corrected chi connectivity index (χ0v) is 7.71. The van der Waals surface area contributed by atoms with Crippen molar-refractivity contribution in [3.05, 3.63) is 42.0 Å². The second kappa shape index (κ2) is 5.09. The Balaban J connectivity index is 2.51. The fourth-order valence-electron chi connectivity index (χ4n) is 0.943. The molecule has 5 heteroatoms. The van der Waals surface area contributed by atoms with Gasteiger partial charge >= 0.3 is 5.97 Å². The molecule has 0 bridgehead atoms. The van der Waals surface area contributed by atoms with Gasteiger partial charge < -0.3 is 10.4 Å². The molecule has 1 rings (SSSR count). The van der Waals surface area contributed by atoms with Gasteiger partial charge in [0, 0.05) is 24.4 Å². The van der Waals surface area contributed by atoms with Crippen LogP contribution < -0.4 is 5.32 Å². The predicted molar refractivity (Wildman–Crippen MR) is 51.6 cm³/mol. The second-order valence-corrected chi connectivity index (χ2v) is 2.75. The van der Waals surface area contributed by atoms with Crippen LogP contribution in [0.5, 0.6) is 0 Å². The highest BCUT2D eigenvalue weighted by molar-refractivity contribution is 5.79. The number of carboxylic acids is 1. The number of anilines is 1. The van der Waals surface area contributed by atoms with E-state index < -0.39 is 17.6 Å². The zero-order valence-electron chi connectivity index (χ0n) is 7.71. The molecule has 0 aliphatic carbocycles. The fourth-order valence-corrected chi connectivity index (χ4v) is 0.943. The molecule has 15 heavy (non-hydrogen) atoms. The molecule has 0 amide bonds. The number of benzene rings is 1. The minimum atomic E-state index is -1.05. The first-order valence-electron chi connectivity index (χ1n) is 4.18. The van der Waals surface area contributed by atoms with Gasteiger partial charge in [0.15, 0.2) is 11.6 Å². The van der Waals surface area contributed by atoms with Crippen LogP contribution in [0.1, 0.15) is 0 Å². The van der Waals surface area contributed by atoms with Crippen LogP contribution in [0, 0.1) is 11.6 Å². The Hall–Kier alpha value is -1.91. The molecule has 0 unspecified atom stereocenters. The summed E-state index contributed by atoms with van der Waals surface area (Å²) < 4.78 is 25.2. The molecule has 1 aromatic rings. The maximum Gasteiger partial charge on any atom is 0.328 e. The van der Waals surface area contributed by atoms with Crippen LogP contribution in [0.15, 0.2) is 30.4 Å². The van der Waals surface area contributed by atoms with Crippen LogP contribution in [0.4, 0.5) is 14.5 Å². The molecule has 0 atom stereocenters. The summed E-state index contributed by atoms with van der Waals surface area (Å²) in [6.45, 7) is 0.234. The number of carboxylic acid groups (broad SMARTS) is 1. The molecule has 0 aliphatic rings. The molecule has 0 saturated carbocycles. The van der Waals surface area contributed by atoms with Crippen molar-refractivity contribution in [2.75, 3.05) is 11.9 Å². The van der Waals surface area contributed by atoms with Crippen molar-refractivity contribution in [3.63, 3.8) is 0 Å². The summed E-state index contributed by atoms with van der Waals surface area (Å²) in [6, 6.07) is 3.37. The number of hydrogen-bond donors (Lipinski definition) is 2. The quantitative estimate of drug-likeness (QED) is 0.752. The Labute approximate surface area is 85.0 Å². The minimum Gasteiger partial charge on any atom is -0.478 e. The van der Waals surface area contributed by atoms with Crippen molar-refractivity contribution >= 4 is 11.7 Å². The largest absolute Gasteiger partial charge is 0.478 e. The van der Waals surface area contributed by atoms with E-state index in [4.69, 9.17) is 5.11 Å². The van der Waals surface area contributed by atoms with Crippen molar-refractivity contribution in [3.8, 4) is 0 Å². The van der Waals surface area contributed by atoms with Crippen molar-refractivity contribution in [1.82, 2.24) is 0 Å². The first-order valence-corrected chi connectivity index (χ1v) is 4.18. The van der Waals surface area contributed by atoms with Gasteiger partial charge in [0.1, 0.15) is 0 Å². The lowest BCUT2D eigenvalue weighted by molar-refractivity contribution is -0.131. The highest BCUT2D eigenvalue weighted by Gasteiger charge is 2.00. The standard InChI is InChI=1S/C10H9F2NO2/c11-8-4-3-7(6-9(8)12)13-5-1-2-10(14)15/h1-4,6,13H,5H2,(H,14,15)/b2-1+. The van der Waals surface area contributed by atoms with Crippen LogP contribution in [0.25, 0.3) is 0 Å². The van der Waals surface area contributed by atoms with Gasteiger partial charge in [0.05, 0.1) is 0 Å². The summed E-state index contributed by atoms with van der Waals surface area (Å²) in [5, 5.41) is 11.0. The van der Waals surface area contributed by atoms with Gasteiger partial charge in [-0.1, -0.05) is 6.08 Å². The summed E-state index contributed by atoms with van der Waals surface area (Å²) in [4.78, 5) is 10.1. The fraction of sp³-hybridized carbons (Fsp3) is 0.100. The molecule has 0 aromatic heterocycles. The highest BCUT2D eigenvalue weighted by Crippen LogP contribution is 2.12. The Bertz CT molecular complexity index is 391. The molecule has 0 radical (unpaired) electrons. The highest BCUT2D eigenvalue weighted by atomic mass is 19.2. The number of aliphatic carboxylic acids is 1. The van der Waals surface area contributed by atoms with E-state index in [-0.39, 0.29) is 6.54 Å². The van der Waals surface area contributed by atoms with Gasteiger partial charge in [-0.15, -0.1) is 0 Å².